The third-order valence-corrected chi connectivity index (χ3v) is 3.84. The third kappa shape index (κ3) is 5.65. The SMILES string of the molecule is FC(F)(F)CN(CCBr)Cc1cc(Br)cs1. The van der Waals surface area contributed by atoms with Gasteiger partial charge in [-0.15, -0.1) is 11.3 Å². The molecule has 0 fully saturated rings. The first kappa shape index (κ1) is 14.5. The number of alkyl halides is 4. The van der Waals surface area contributed by atoms with Crippen LogP contribution in [0.15, 0.2) is 15.9 Å². The van der Waals surface area contributed by atoms with Gasteiger partial charge >= 0.3 is 6.18 Å². The summed E-state index contributed by atoms with van der Waals surface area (Å²) in [6.45, 7) is -0.148. The predicted octanol–water partition coefficient (Wildman–Crippen LogP) is 4.27. The third-order valence-electron chi connectivity index (χ3n) is 1.80. The van der Waals surface area contributed by atoms with Crippen molar-refractivity contribution in [3.8, 4) is 0 Å². The fraction of sp³-hybridized carbons (Fsp3) is 0.556. The molecule has 7 heteroatoms. The van der Waals surface area contributed by atoms with Crippen LogP contribution in [0.25, 0.3) is 0 Å². The highest BCUT2D eigenvalue weighted by Crippen LogP contribution is 2.23. The first-order chi connectivity index (χ1) is 7.40. The van der Waals surface area contributed by atoms with Gasteiger partial charge in [0.1, 0.15) is 0 Å². The van der Waals surface area contributed by atoms with Gasteiger partial charge in [0.15, 0.2) is 0 Å². The Balaban J connectivity index is 2.57. The maximum Gasteiger partial charge on any atom is 0.401 e. The van der Waals surface area contributed by atoms with Gasteiger partial charge < -0.3 is 0 Å². The van der Waals surface area contributed by atoms with E-state index in [2.05, 4.69) is 31.9 Å². The zero-order chi connectivity index (χ0) is 12.2. The molecule has 0 aromatic carbocycles. The minimum atomic E-state index is -4.14. The van der Waals surface area contributed by atoms with Crippen LogP contribution in [-0.4, -0.2) is 29.5 Å². The van der Waals surface area contributed by atoms with Crippen molar-refractivity contribution >= 4 is 43.2 Å². The van der Waals surface area contributed by atoms with Gasteiger partial charge in [0.25, 0.3) is 0 Å². The first-order valence-corrected chi connectivity index (χ1v) is 7.28. The van der Waals surface area contributed by atoms with E-state index in [0.717, 1.165) is 9.35 Å². The summed E-state index contributed by atoms with van der Waals surface area (Å²) in [5.41, 5.74) is 0. The van der Waals surface area contributed by atoms with E-state index in [0.29, 0.717) is 18.4 Å². The lowest BCUT2D eigenvalue weighted by atomic mass is 10.4. The van der Waals surface area contributed by atoms with E-state index in [1.165, 1.54) is 16.2 Å². The van der Waals surface area contributed by atoms with Crippen LogP contribution in [-0.2, 0) is 6.54 Å². The van der Waals surface area contributed by atoms with Gasteiger partial charge in [-0.05, 0) is 22.0 Å². The van der Waals surface area contributed by atoms with Crippen molar-refractivity contribution in [2.24, 2.45) is 0 Å². The van der Waals surface area contributed by atoms with Gasteiger partial charge in [-0.1, -0.05) is 15.9 Å². The van der Waals surface area contributed by atoms with Crippen LogP contribution in [0, 0.1) is 0 Å². The summed E-state index contributed by atoms with van der Waals surface area (Å²) in [5, 5.41) is 2.41. The molecule has 0 aliphatic rings. The molecule has 0 aliphatic carbocycles. The molecule has 0 saturated heterocycles. The molecule has 0 amide bonds. The normalized spacial score (nSPS) is 12.4. The van der Waals surface area contributed by atoms with E-state index in [4.69, 9.17) is 0 Å². The maximum absolute atomic E-state index is 12.3. The van der Waals surface area contributed by atoms with Crippen LogP contribution in [0.2, 0.25) is 0 Å². The second-order valence-electron chi connectivity index (χ2n) is 3.25. The van der Waals surface area contributed by atoms with Crippen LogP contribution < -0.4 is 0 Å². The largest absolute Gasteiger partial charge is 0.401 e. The van der Waals surface area contributed by atoms with Gasteiger partial charge in [0.2, 0.25) is 0 Å². The molecule has 0 saturated carbocycles. The van der Waals surface area contributed by atoms with Crippen LogP contribution in [0.3, 0.4) is 0 Å². The van der Waals surface area contributed by atoms with Crippen molar-refractivity contribution in [3.05, 3.63) is 20.8 Å². The van der Waals surface area contributed by atoms with Crippen molar-refractivity contribution in [1.82, 2.24) is 4.90 Å². The standard InChI is InChI=1S/C9H10Br2F3NS/c10-1-2-15(6-9(12,13)14)4-8-3-7(11)5-16-8/h3,5H,1-2,4,6H2. The van der Waals surface area contributed by atoms with Crippen LogP contribution >= 0.6 is 43.2 Å². The molecule has 1 nitrogen and oxygen atoms in total. The van der Waals surface area contributed by atoms with E-state index in [1.54, 1.807) is 0 Å². The van der Waals surface area contributed by atoms with E-state index >= 15 is 0 Å². The van der Waals surface area contributed by atoms with Crippen LogP contribution in [0.5, 0.6) is 0 Å². The molecule has 1 heterocycles. The summed E-state index contributed by atoms with van der Waals surface area (Å²) < 4.78 is 37.7. The molecule has 16 heavy (non-hydrogen) atoms. The highest BCUT2D eigenvalue weighted by molar-refractivity contribution is 9.10. The van der Waals surface area contributed by atoms with Gasteiger partial charge in [0, 0.05) is 33.1 Å². The molecule has 0 spiro atoms. The molecule has 92 valence electrons. The summed E-state index contributed by atoms with van der Waals surface area (Å²) in [7, 11) is 0. The fourth-order valence-corrected chi connectivity index (χ4v) is 3.24. The lowest BCUT2D eigenvalue weighted by Crippen LogP contribution is -2.34. The number of nitrogens with zero attached hydrogens (tertiary/aromatic N) is 1. The Bertz CT molecular complexity index is 327. The predicted molar refractivity (Wildman–Crippen MR) is 67.1 cm³/mol. The van der Waals surface area contributed by atoms with Gasteiger partial charge in [-0.25, -0.2) is 0 Å². The van der Waals surface area contributed by atoms with Crippen molar-refractivity contribution < 1.29 is 13.2 Å². The second kappa shape index (κ2) is 6.37. The van der Waals surface area contributed by atoms with Crippen LogP contribution in [0.4, 0.5) is 13.2 Å². The monoisotopic (exact) mass is 379 g/mol. The molecule has 0 atom stereocenters. The van der Waals surface area contributed by atoms with E-state index in [-0.39, 0.29) is 0 Å². The molecule has 1 aromatic heterocycles. The van der Waals surface area contributed by atoms with E-state index in [9.17, 15) is 13.2 Å². The minimum absolute atomic E-state index is 0.335. The molecular weight excluding hydrogens is 371 g/mol. The lowest BCUT2D eigenvalue weighted by molar-refractivity contribution is -0.146. The quantitative estimate of drug-likeness (QED) is 0.689. The highest BCUT2D eigenvalue weighted by atomic mass is 79.9. The fourth-order valence-electron chi connectivity index (χ4n) is 1.24. The lowest BCUT2D eigenvalue weighted by Gasteiger charge is -2.21. The molecule has 1 rings (SSSR count). The Labute approximate surface area is 113 Å². The van der Waals surface area contributed by atoms with Gasteiger partial charge in [-0.2, -0.15) is 13.2 Å². The van der Waals surface area contributed by atoms with Crippen molar-refractivity contribution in [1.29, 1.82) is 0 Å². The van der Waals surface area contributed by atoms with Crippen molar-refractivity contribution in [2.75, 3.05) is 18.4 Å². The number of hydrogen-bond acceptors (Lipinski definition) is 2. The topological polar surface area (TPSA) is 3.24 Å². The minimum Gasteiger partial charge on any atom is -0.289 e. The van der Waals surface area contributed by atoms with Crippen molar-refractivity contribution in [3.63, 3.8) is 0 Å². The number of thiophene rings is 1. The smallest absolute Gasteiger partial charge is 0.289 e. The number of halogens is 5. The highest BCUT2D eigenvalue weighted by Gasteiger charge is 2.30. The zero-order valence-corrected chi connectivity index (χ0v) is 12.2. The molecular formula is C9H10Br2F3NS. The van der Waals surface area contributed by atoms with E-state index < -0.39 is 12.7 Å². The Morgan fingerprint density at radius 1 is 1.38 bits per heavy atom. The molecule has 0 aliphatic heterocycles. The maximum atomic E-state index is 12.3. The Kier molecular flexibility index (Phi) is 5.76. The molecule has 0 unspecified atom stereocenters. The van der Waals surface area contributed by atoms with Gasteiger partial charge in [-0.3, -0.25) is 4.90 Å². The molecule has 0 radical (unpaired) electrons. The number of rotatable bonds is 5. The second-order valence-corrected chi connectivity index (χ2v) is 5.95. The zero-order valence-electron chi connectivity index (χ0n) is 8.23. The first-order valence-electron chi connectivity index (χ1n) is 4.48. The Morgan fingerprint density at radius 3 is 2.50 bits per heavy atom. The average molecular weight is 381 g/mol. The Morgan fingerprint density at radius 2 is 2.06 bits per heavy atom. The van der Waals surface area contributed by atoms with Gasteiger partial charge in [0.05, 0.1) is 6.54 Å². The number of hydrogen-bond donors (Lipinski definition) is 0. The summed E-state index contributed by atoms with van der Waals surface area (Å²) in [5.74, 6) is 0. The summed E-state index contributed by atoms with van der Waals surface area (Å²) >= 11 is 7.90. The summed E-state index contributed by atoms with van der Waals surface area (Å²) in [6.07, 6.45) is -4.14. The molecule has 0 N–H and O–H groups in total. The Hall–Kier alpha value is 0.410. The summed E-state index contributed by atoms with van der Waals surface area (Å²) in [6, 6.07) is 1.85. The van der Waals surface area contributed by atoms with E-state index in [1.807, 2.05) is 11.4 Å². The van der Waals surface area contributed by atoms with Crippen LogP contribution in [0.1, 0.15) is 4.88 Å². The molecule has 1 aromatic rings. The average Bonchev–Trinajstić information content (AvgIpc) is 2.48. The van der Waals surface area contributed by atoms with Crippen molar-refractivity contribution in [2.45, 2.75) is 12.7 Å². The molecule has 0 bridgehead atoms. The summed E-state index contributed by atoms with van der Waals surface area (Å²) in [4.78, 5) is 2.31.